The maximum atomic E-state index is 14.1. The Kier molecular flexibility index (Phi) is 6.09. The molecule has 4 aromatic rings. The maximum Gasteiger partial charge on any atom is 0.262 e. The Balaban J connectivity index is 1.50. The number of nitrogens with one attached hydrogen (secondary N) is 1. The van der Waals surface area contributed by atoms with Gasteiger partial charge in [0, 0.05) is 16.5 Å². The van der Waals surface area contributed by atoms with E-state index in [1.165, 1.54) is 17.4 Å². The second kappa shape index (κ2) is 9.10. The third kappa shape index (κ3) is 4.98. The van der Waals surface area contributed by atoms with E-state index < -0.39 is 0 Å². The summed E-state index contributed by atoms with van der Waals surface area (Å²) in [7, 11) is 0. The molecule has 1 amide bonds. The van der Waals surface area contributed by atoms with Gasteiger partial charge in [0.15, 0.2) is 6.61 Å². The summed E-state index contributed by atoms with van der Waals surface area (Å²) in [6.07, 6.45) is 0. The van der Waals surface area contributed by atoms with Crippen molar-refractivity contribution in [2.75, 3.05) is 11.9 Å². The molecule has 6 heteroatoms. The summed E-state index contributed by atoms with van der Waals surface area (Å²) < 4.78 is 19.8. The van der Waals surface area contributed by atoms with E-state index in [-0.39, 0.29) is 18.3 Å². The second-order valence-corrected chi connectivity index (χ2v) is 8.08. The molecule has 0 unspecified atom stereocenters. The molecule has 0 aliphatic carbocycles. The van der Waals surface area contributed by atoms with Crippen molar-refractivity contribution in [1.82, 2.24) is 4.98 Å². The molecule has 0 fully saturated rings. The molecule has 0 atom stereocenters. The molecule has 0 bridgehead atoms. The lowest BCUT2D eigenvalue weighted by molar-refractivity contribution is -0.118. The smallest absolute Gasteiger partial charge is 0.262 e. The quantitative estimate of drug-likeness (QED) is 0.392. The Labute approximate surface area is 184 Å². The van der Waals surface area contributed by atoms with Gasteiger partial charge in [0.1, 0.15) is 16.6 Å². The summed E-state index contributed by atoms with van der Waals surface area (Å²) >= 11 is 1.36. The standard InChI is InChI=1S/C25H21FN2O2S/c1-16-11-17(2)13-18(12-16)30-14-24(29)27-22-10-6-4-8-20(22)23-15-31-25(28-23)19-7-3-5-9-21(19)26/h3-13,15H,14H2,1-2H3,(H,27,29). The van der Waals surface area contributed by atoms with Crippen LogP contribution in [0.1, 0.15) is 11.1 Å². The molecule has 0 saturated heterocycles. The number of ether oxygens (including phenoxy) is 1. The Bertz CT molecular complexity index is 1220. The zero-order valence-electron chi connectivity index (χ0n) is 17.2. The number of hydrogen-bond acceptors (Lipinski definition) is 4. The fourth-order valence-corrected chi connectivity index (χ4v) is 4.17. The number of halogens is 1. The van der Waals surface area contributed by atoms with E-state index >= 15 is 0 Å². The summed E-state index contributed by atoms with van der Waals surface area (Å²) in [6.45, 7) is 3.87. The lowest BCUT2D eigenvalue weighted by atomic mass is 10.1. The van der Waals surface area contributed by atoms with Gasteiger partial charge >= 0.3 is 0 Å². The van der Waals surface area contributed by atoms with Crippen molar-refractivity contribution in [1.29, 1.82) is 0 Å². The number of aromatic nitrogens is 1. The highest BCUT2D eigenvalue weighted by molar-refractivity contribution is 7.13. The van der Waals surface area contributed by atoms with E-state index in [1.807, 2.05) is 61.7 Å². The highest BCUT2D eigenvalue weighted by atomic mass is 32.1. The minimum atomic E-state index is -0.312. The maximum absolute atomic E-state index is 14.1. The van der Waals surface area contributed by atoms with E-state index in [9.17, 15) is 9.18 Å². The van der Waals surface area contributed by atoms with Gasteiger partial charge in [-0.15, -0.1) is 11.3 Å². The van der Waals surface area contributed by atoms with Crippen molar-refractivity contribution in [3.8, 4) is 27.6 Å². The van der Waals surface area contributed by atoms with Crippen LogP contribution in [0.2, 0.25) is 0 Å². The average molecular weight is 433 g/mol. The summed E-state index contributed by atoms with van der Waals surface area (Å²) in [5.41, 5.74) is 4.68. The molecule has 156 valence electrons. The minimum Gasteiger partial charge on any atom is -0.484 e. The van der Waals surface area contributed by atoms with Gasteiger partial charge in [0.25, 0.3) is 5.91 Å². The third-order valence-electron chi connectivity index (χ3n) is 4.65. The minimum absolute atomic E-state index is 0.102. The molecular weight excluding hydrogens is 411 g/mol. The fraction of sp³-hybridized carbons (Fsp3) is 0.120. The van der Waals surface area contributed by atoms with Crippen LogP contribution in [0.3, 0.4) is 0 Å². The van der Waals surface area contributed by atoms with Crippen molar-refractivity contribution >= 4 is 22.9 Å². The summed E-state index contributed by atoms with van der Waals surface area (Å²) in [5, 5.41) is 5.35. The van der Waals surface area contributed by atoms with Gasteiger partial charge in [-0.1, -0.05) is 36.4 Å². The molecular formula is C25H21FN2O2S. The monoisotopic (exact) mass is 432 g/mol. The number of anilines is 1. The van der Waals surface area contributed by atoms with Crippen LogP contribution in [0.25, 0.3) is 21.8 Å². The third-order valence-corrected chi connectivity index (χ3v) is 5.53. The molecule has 0 aliphatic rings. The molecule has 3 aromatic carbocycles. The molecule has 1 aromatic heterocycles. The highest BCUT2D eigenvalue weighted by Crippen LogP contribution is 2.33. The van der Waals surface area contributed by atoms with Crippen molar-refractivity contribution in [3.63, 3.8) is 0 Å². The van der Waals surface area contributed by atoms with Crippen molar-refractivity contribution in [2.24, 2.45) is 0 Å². The summed E-state index contributed by atoms with van der Waals surface area (Å²) in [5.74, 6) is 0.0830. The first-order chi connectivity index (χ1) is 15.0. The highest BCUT2D eigenvalue weighted by Gasteiger charge is 2.14. The first-order valence-corrected chi connectivity index (χ1v) is 10.7. The van der Waals surface area contributed by atoms with Gasteiger partial charge in [0.05, 0.1) is 11.4 Å². The van der Waals surface area contributed by atoms with Crippen LogP contribution in [0, 0.1) is 19.7 Å². The SMILES string of the molecule is Cc1cc(C)cc(OCC(=O)Nc2ccccc2-c2csc(-c3ccccc3F)n2)c1. The van der Waals surface area contributed by atoms with Crippen molar-refractivity contribution in [3.05, 3.63) is 89.1 Å². The summed E-state index contributed by atoms with van der Waals surface area (Å²) in [6, 6.07) is 19.8. The predicted molar refractivity (Wildman–Crippen MR) is 123 cm³/mol. The van der Waals surface area contributed by atoms with Crippen LogP contribution < -0.4 is 10.1 Å². The van der Waals surface area contributed by atoms with Crippen molar-refractivity contribution in [2.45, 2.75) is 13.8 Å². The van der Waals surface area contributed by atoms with Crippen LogP contribution in [0.15, 0.2) is 72.1 Å². The molecule has 1 heterocycles. The normalized spacial score (nSPS) is 10.7. The first kappa shape index (κ1) is 20.8. The number of benzene rings is 3. The Hall–Kier alpha value is -3.51. The Morgan fingerprint density at radius 1 is 1.00 bits per heavy atom. The molecule has 0 saturated carbocycles. The van der Waals surface area contributed by atoms with Crippen LogP contribution in [0.5, 0.6) is 5.75 Å². The van der Waals surface area contributed by atoms with Gasteiger partial charge in [0.2, 0.25) is 0 Å². The molecule has 0 spiro atoms. The van der Waals surface area contributed by atoms with Crippen LogP contribution in [-0.4, -0.2) is 17.5 Å². The lowest BCUT2D eigenvalue weighted by Crippen LogP contribution is -2.20. The number of nitrogens with zero attached hydrogens (tertiary/aromatic N) is 1. The average Bonchev–Trinajstić information content (AvgIpc) is 3.22. The fourth-order valence-electron chi connectivity index (χ4n) is 3.32. The van der Waals surface area contributed by atoms with E-state index in [1.54, 1.807) is 18.2 Å². The number of hydrogen-bond donors (Lipinski definition) is 1. The molecule has 0 radical (unpaired) electrons. The lowest BCUT2D eigenvalue weighted by Gasteiger charge is -2.11. The number of rotatable bonds is 6. The van der Waals surface area contributed by atoms with Crippen molar-refractivity contribution < 1.29 is 13.9 Å². The zero-order chi connectivity index (χ0) is 21.8. The first-order valence-electron chi connectivity index (χ1n) is 9.80. The van der Waals surface area contributed by atoms with E-state index in [0.29, 0.717) is 27.7 Å². The molecule has 4 nitrogen and oxygen atoms in total. The van der Waals surface area contributed by atoms with Gasteiger partial charge in [-0.05, 0) is 55.3 Å². The Morgan fingerprint density at radius 2 is 1.68 bits per heavy atom. The molecule has 31 heavy (non-hydrogen) atoms. The number of amides is 1. The number of carbonyl (C=O) groups excluding carboxylic acids is 1. The number of aryl methyl sites for hydroxylation is 2. The van der Waals surface area contributed by atoms with E-state index in [2.05, 4.69) is 10.3 Å². The van der Waals surface area contributed by atoms with Crippen LogP contribution in [-0.2, 0) is 4.79 Å². The summed E-state index contributed by atoms with van der Waals surface area (Å²) in [4.78, 5) is 17.1. The van der Waals surface area contributed by atoms with Gasteiger partial charge < -0.3 is 10.1 Å². The largest absolute Gasteiger partial charge is 0.484 e. The topological polar surface area (TPSA) is 51.2 Å². The van der Waals surface area contributed by atoms with Gasteiger partial charge in [-0.3, -0.25) is 4.79 Å². The van der Waals surface area contributed by atoms with Gasteiger partial charge in [-0.2, -0.15) is 0 Å². The van der Waals surface area contributed by atoms with Crippen LogP contribution >= 0.6 is 11.3 Å². The van der Waals surface area contributed by atoms with Gasteiger partial charge in [-0.25, -0.2) is 9.37 Å². The number of thiazole rings is 1. The molecule has 1 N–H and O–H groups in total. The zero-order valence-corrected chi connectivity index (χ0v) is 18.0. The Morgan fingerprint density at radius 3 is 2.42 bits per heavy atom. The van der Waals surface area contributed by atoms with E-state index in [0.717, 1.165) is 16.7 Å². The predicted octanol–water partition coefficient (Wildman–Crippen LogP) is 6.25. The molecule has 4 rings (SSSR count). The second-order valence-electron chi connectivity index (χ2n) is 7.22. The number of carbonyl (C=O) groups is 1. The number of para-hydroxylation sites is 1. The van der Waals surface area contributed by atoms with E-state index in [4.69, 9.17) is 4.74 Å². The van der Waals surface area contributed by atoms with Crippen LogP contribution in [0.4, 0.5) is 10.1 Å². The molecule has 0 aliphatic heterocycles.